The van der Waals surface area contributed by atoms with E-state index in [2.05, 4.69) is 9.59 Å². The van der Waals surface area contributed by atoms with Crippen molar-refractivity contribution in [2.24, 2.45) is 0 Å². The number of aryl methyl sites for hydroxylation is 1. The van der Waals surface area contributed by atoms with Gasteiger partial charge in [0.1, 0.15) is 10.6 Å². The topological polar surface area (TPSA) is 46.1 Å². The van der Waals surface area contributed by atoms with Gasteiger partial charge in [-0.3, -0.25) is 4.79 Å². The number of amides is 1. The number of likely N-dealkylation sites (tertiary alicyclic amines) is 1. The van der Waals surface area contributed by atoms with Crippen LogP contribution in [0.3, 0.4) is 0 Å². The van der Waals surface area contributed by atoms with Crippen LogP contribution in [0.5, 0.6) is 0 Å². The van der Waals surface area contributed by atoms with Gasteiger partial charge in [0.25, 0.3) is 5.91 Å². The van der Waals surface area contributed by atoms with Crippen LogP contribution in [0.4, 0.5) is 0 Å². The molecule has 1 amide bonds. The molecule has 4 nitrogen and oxygen atoms in total. The second kappa shape index (κ2) is 5.09. The summed E-state index contributed by atoms with van der Waals surface area (Å²) in [7, 11) is 0. The first kappa shape index (κ1) is 12.3. The van der Waals surface area contributed by atoms with E-state index in [1.807, 2.05) is 36.1 Å². The SMILES string of the molecule is Cc1ccc(-c2nnsc2C(=O)N2CCCC2)cc1. The van der Waals surface area contributed by atoms with Gasteiger partial charge >= 0.3 is 0 Å². The first-order valence-corrected chi connectivity index (χ1v) is 7.22. The minimum Gasteiger partial charge on any atom is -0.338 e. The molecule has 5 heteroatoms. The van der Waals surface area contributed by atoms with Gasteiger partial charge in [-0.1, -0.05) is 34.3 Å². The third-order valence-corrected chi connectivity index (χ3v) is 4.11. The molecule has 1 saturated heterocycles. The van der Waals surface area contributed by atoms with Gasteiger partial charge in [0, 0.05) is 18.7 Å². The summed E-state index contributed by atoms with van der Waals surface area (Å²) in [5.41, 5.74) is 2.86. The second-order valence-electron chi connectivity index (χ2n) is 4.82. The Kier molecular flexibility index (Phi) is 3.29. The number of aromatic nitrogens is 2. The van der Waals surface area contributed by atoms with E-state index in [0.29, 0.717) is 10.6 Å². The van der Waals surface area contributed by atoms with Gasteiger partial charge in [-0.25, -0.2) is 0 Å². The van der Waals surface area contributed by atoms with Crippen LogP contribution in [0.2, 0.25) is 0 Å². The van der Waals surface area contributed by atoms with Crippen LogP contribution in [0.25, 0.3) is 11.3 Å². The van der Waals surface area contributed by atoms with Crippen LogP contribution in [0, 0.1) is 6.92 Å². The van der Waals surface area contributed by atoms with Crippen LogP contribution < -0.4 is 0 Å². The second-order valence-corrected chi connectivity index (χ2v) is 5.57. The first-order valence-electron chi connectivity index (χ1n) is 6.44. The standard InChI is InChI=1S/C14H15N3OS/c1-10-4-6-11(7-5-10)12-13(19-16-15-12)14(18)17-8-2-3-9-17/h4-7H,2-3,8-9H2,1H3. The van der Waals surface area contributed by atoms with Gasteiger partial charge < -0.3 is 4.90 Å². The van der Waals surface area contributed by atoms with Crippen molar-refractivity contribution in [1.29, 1.82) is 0 Å². The Balaban J connectivity index is 1.93. The maximum atomic E-state index is 12.4. The molecule has 0 spiro atoms. The Bertz CT molecular complexity index is 585. The number of hydrogen-bond acceptors (Lipinski definition) is 4. The average molecular weight is 273 g/mol. The Morgan fingerprint density at radius 1 is 1.21 bits per heavy atom. The zero-order valence-corrected chi connectivity index (χ0v) is 11.6. The Labute approximate surface area is 116 Å². The predicted molar refractivity (Wildman–Crippen MR) is 75.2 cm³/mol. The maximum absolute atomic E-state index is 12.4. The van der Waals surface area contributed by atoms with Gasteiger partial charge in [0.05, 0.1) is 0 Å². The maximum Gasteiger partial charge on any atom is 0.267 e. The van der Waals surface area contributed by atoms with Crippen molar-refractivity contribution in [3.05, 3.63) is 34.7 Å². The molecule has 1 fully saturated rings. The predicted octanol–water partition coefficient (Wildman–Crippen LogP) is 2.75. The molecule has 1 aliphatic heterocycles. The molecule has 2 aromatic rings. The molecular weight excluding hydrogens is 258 g/mol. The lowest BCUT2D eigenvalue weighted by molar-refractivity contribution is 0.0798. The number of benzene rings is 1. The van der Waals surface area contributed by atoms with Gasteiger partial charge in [0.15, 0.2) is 0 Å². The van der Waals surface area contributed by atoms with E-state index in [9.17, 15) is 4.79 Å². The largest absolute Gasteiger partial charge is 0.338 e. The minimum absolute atomic E-state index is 0.0723. The quantitative estimate of drug-likeness (QED) is 0.845. The third-order valence-electron chi connectivity index (χ3n) is 3.40. The minimum atomic E-state index is 0.0723. The Hall–Kier alpha value is -1.75. The Morgan fingerprint density at radius 3 is 2.58 bits per heavy atom. The van der Waals surface area contributed by atoms with Crippen LogP contribution in [-0.2, 0) is 0 Å². The fourth-order valence-electron chi connectivity index (χ4n) is 2.30. The molecule has 1 aliphatic rings. The molecule has 3 rings (SSSR count). The van der Waals surface area contributed by atoms with Crippen LogP contribution in [0.15, 0.2) is 24.3 Å². The summed E-state index contributed by atoms with van der Waals surface area (Å²) in [6.45, 7) is 3.74. The normalized spacial score (nSPS) is 14.9. The Morgan fingerprint density at radius 2 is 1.89 bits per heavy atom. The molecule has 0 saturated carbocycles. The van der Waals surface area contributed by atoms with E-state index < -0.39 is 0 Å². The van der Waals surface area contributed by atoms with E-state index in [0.717, 1.165) is 31.5 Å². The molecule has 0 N–H and O–H groups in total. The highest BCUT2D eigenvalue weighted by Crippen LogP contribution is 2.26. The van der Waals surface area contributed by atoms with Gasteiger partial charge in [-0.05, 0) is 31.3 Å². The van der Waals surface area contributed by atoms with Crippen LogP contribution in [-0.4, -0.2) is 33.5 Å². The molecule has 1 aromatic carbocycles. The van der Waals surface area contributed by atoms with Crippen molar-refractivity contribution in [3.8, 4) is 11.3 Å². The molecule has 19 heavy (non-hydrogen) atoms. The summed E-state index contributed by atoms with van der Waals surface area (Å²) in [6.07, 6.45) is 2.19. The fraction of sp³-hybridized carbons (Fsp3) is 0.357. The van der Waals surface area contributed by atoms with Gasteiger partial charge in [-0.15, -0.1) is 5.10 Å². The van der Waals surface area contributed by atoms with Crippen molar-refractivity contribution in [2.75, 3.05) is 13.1 Å². The molecule has 98 valence electrons. The molecule has 0 bridgehead atoms. The highest BCUT2D eigenvalue weighted by molar-refractivity contribution is 7.08. The summed E-state index contributed by atoms with van der Waals surface area (Å²) in [4.78, 5) is 15.0. The molecule has 0 radical (unpaired) electrons. The summed E-state index contributed by atoms with van der Waals surface area (Å²) in [6, 6.07) is 8.04. The lowest BCUT2D eigenvalue weighted by Crippen LogP contribution is -2.27. The van der Waals surface area contributed by atoms with E-state index >= 15 is 0 Å². The van der Waals surface area contributed by atoms with Crippen LogP contribution >= 0.6 is 11.5 Å². The van der Waals surface area contributed by atoms with Crippen molar-refractivity contribution < 1.29 is 4.79 Å². The smallest absolute Gasteiger partial charge is 0.267 e. The summed E-state index contributed by atoms with van der Waals surface area (Å²) >= 11 is 1.19. The highest BCUT2D eigenvalue weighted by Gasteiger charge is 2.25. The van der Waals surface area contributed by atoms with Crippen molar-refractivity contribution in [2.45, 2.75) is 19.8 Å². The van der Waals surface area contributed by atoms with Crippen LogP contribution in [0.1, 0.15) is 28.1 Å². The molecular formula is C14H15N3OS. The van der Waals surface area contributed by atoms with Crippen molar-refractivity contribution in [1.82, 2.24) is 14.5 Å². The molecule has 0 aliphatic carbocycles. The van der Waals surface area contributed by atoms with Crippen molar-refractivity contribution >= 4 is 17.4 Å². The molecule has 0 atom stereocenters. The average Bonchev–Trinajstić information content (AvgIpc) is 3.10. The monoisotopic (exact) mass is 273 g/mol. The summed E-state index contributed by atoms with van der Waals surface area (Å²) < 4.78 is 3.96. The molecule has 0 unspecified atom stereocenters. The van der Waals surface area contributed by atoms with E-state index in [-0.39, 0.29) is 5.91 Å². The number of carbonyl (C=O) groups is 1. The number of nitrogens with zero attached hydrogens (tertiary/aromatic N) is 3. The van der Waals surface area contributed by atoms with E-state index in [4.69, 9.17) is 0 Å². The fourth-order valence-corrected chi connectivity index (χ4v) is 2.95. The van der Waals surface area contributed by atoms with Crippen molar-refractivity contribution in [3.63, 3.8) is 0 Å². The summed E-state index contributed by atoms with van der Waals surface area (Å²) in [5.74, 6) is 0.0723. The van der Waals surface area contributed by atoms with Gasteiger partial charge in [-0.2, -0.15) is 0 Å². The zero-order chi connectivity index (χ0) is 13.2. The number of rotatable bonds is 2. The van der Waals surface area contributed by atoms with Gasteiger partial charge in [0.2, 0.25) is 0 Å². The first-order chi connectivity index (χ1) is 9.25. The number of hydrogen-bond donors (Lipinski definition) is 0. The lowest BCUT2D eigenvalue weighted by atomic mass is 10.1. The van der Waals surface area contributed by atoms with E-state index in [1.54, 1.807) is 0 Å². The van der Waals surface area contributed by atoms with E-state index in [1.165, 1.54) is 17.1 Å². The zero-order valence-electron chi connectivity index (χ0n) is 10.8. The molecule has 2 heterocycles. The highest BCUT2D eigenvalue weighted by atomic mass is 32.1. The molecule has 1 aromatic heterocycles. The summed E-state index contributed by atoms with van der Waals surface area (Å²) in [5, 5.41) is 4.13. The lowest BCUT2D eigenvalue weighted by Gasteiger charge is -2.14. The number of carbonyl (C=O) groups excluding carboxylic acids is 1. The third kappa shape index (κ3) is 2.38.